The maximum atomic E-state index is 13.3. The summed E-state index contributed by atoms with van der Waals surface area (Å²) in [6.07, 6.45) is 0.210. The molecule has 0 fully saturated rings. The summed E-state index contributed by atoms with van der Waals surface area (Å²) in [6.45, 7) is 0.119. The van der Waals surface area contributed by atoms with E-state index >= 15 is 0 Å². The highest BCUT2D eigenvalue weighted by Crippen LogP contribution is 2.49. The Hall–Kier alpha value is -3.46. The summed E-state index contributed by atoms with van der Waals surface area (Å²) in [5.41, 5.74) is 1.52. The van der Waals surface area contributed by atoms with Crippen LogP contribution in [-0.2, 0) is 11.8 Å². The third-order valence-electron chi connectivity index (χ3n) is 5.58. The van der Waals surface area contributed by atoms with Crippen molar-refractivity contribution >= 4 is 28.7 Å². The molecule has 3 heterocycles. The Labute approximate surface area is 182 Å². The van der Waals surface area contributed by atoms with Gasteiger partial charge in [0.2, 0.25) is 18.4 Å². The molecule has 2 aromatic carbocycles. The number of carbonyl (C=O) groups is 1. The van der Waals surface area contributed by atoms with Crippen molar-refractivity contribution in [3.8, 4) is 23.0 Å². The zero-order valence-electron chi connectivity index (χ0n) is 17.2. The van der Waals surface area contributed by atoms with E-state index in [1.165, 1.54) is 4.57 Å². The Kier molecular flexibility index (Phi) is 4.62. The second kappa shape index (κ2) is 7.35. The van der Waals surface area contributed by atoms with E-state index in [2.05, 4.69) is 0 Å². The molecule has 1 aromatic heterocycles. The number of aromatic nitrogens is 1. The van der Waals surface area contributed by atoms with Crippen LogP contribution in [0.5, 0.6) is 23.0 Å². The van der Waals surface area contributed by atoms with Gasteiger partial charge in [-0.05, 0) is 42.0 Å². The number of ether oxygens (including phenoxy) is 4. The van der Waals surface area contributed by atoms with Crippen LogP contribution in [0.15, 0.2) is 41.2 Å². The smallest absolute Gasteiger partial charge is 0.308 e. The number of fused-ring (bicyclic) bond motifs is 2. The third kappa shape index (κ3) is 3.04. The van der Waals surface area contributed by atoms with E-state index < -0.39 is 0 Å². The Bertz CT molecular complexity index is 1230. The standard InChI is InChI=1S/C22H20N2O6S/c1-23-21-20(31-22(23)26)15(12-8-16(28-3)19-17(9-12)29-11-30-19)10-18(25)24(21)13-4-6-14(27-2)7-5-13/h4-9,15H,10-11H2,1-3H3/t15-/m0/s1. The van der Waals surface area contributed by atoms with Gasteiger partial charge in [-0.1, -0.05) is 11.3 Å². The number of hydrogen-bond acceptors (Lipinski definition) is 7. The second-order valence-electron chi connectivity index (χ2n) is 7.26. The van der Waals surface area contributed by atoms with Gasteiger partial charge in [0.1, 0.15) is 11.6 Å². The van der Waals surface area contributed by atoms with E-state index in [-0.39, 0.29) is 29.9 Å². The maximum Gasteiger partial charge on any atom is 0.308 e. The van der Waals surface area contributed by atoms with Gasteiger partial charge < -0.3 is 18.9 Å². The lowest BCUT2D eigenvalue weighted by Crippen LogP contribution is -2.34. The fourth-order valence-corrected chi connectivity index (χ4v) is 5.13. The summed E-state index contributed by atoms with van der Waals surface area (Å²) >= 11 is 1.15. The molecule has 160 valence electrons. The normalized spacial score (nSPS) is 16.9. The highest BCUT2D eigenvalue weighted by molar-refractivity contribution is 7.10. The van der Waals surface area contributed by atoms with Crippen LogP contribution in [-0.4, -0.2) is 31.5 Å². The van der Waals surface area contributed by atoms with Crippen molar-refractivity contribution in [1.29, 1.82) is 0 Å². The Morgan fingerprint density at radius 2 is 1.84 bits per heavy atom. The van der Waals surface area contributed by atoms with Crippen LogP contribution in [0.4, 0.5) is 11.5 Å². The number of nitrogens with zero attached hydrogens (tertiary/aromatic N) is 2. The van der Waals surface area contributed by atoms with Crippen LogP contribution in [0, 0.1) is 0 Å². The number of amides is 1. The second-order valence-corrected chi connectivity index (χ2v) is 8.25. The van der Waals surface area contributed by atoms with Crippen molar-refractivity contribution in [3.63, 3.8) is 0 Å². The Morgan fingerprint density at radius 3 is 2.55 bits per heavy atom. The SMILES string of the molecule is COc1ccc(N2C(=O)C[C@@H](c3cc(OC)c4c(c3)OCO4)c3sc(=O)n(C)c32)cc1. The number of hydrogen-bond donors (Lipinski definition) is 0. The Balaban J connectivity index is 1.64. The summed E-state index contributed by atoms with van der Waals surface area (Å²) < 4.78 is 23.3. The molecule has 0 bridgehead atoms. The molecular formula is C22H20N2O6S. The van der Waals surface area contributed by atoms with Crippen LogP contribution >= 0.6 is 11.3 Å². The fraction of sp³-hybridized carbons (Fsp3) is 0.273. The van der Waals surface area contributed by atoms with Gasteiger partial charge in [0, 0.05) is 19.4 Å². The molecular weight excluding hydrogens is 420 g/mol. The quantitative estimate of drug-likeness (QED) is 0.619. The maximum absolute atomic E-state index is 13.3. The molecule has 0 saturated heterocycles. The van der Waals surface area contributed by atoms with Crippen molar-refractivity contribution in [1.82, 2.24) is 4.57 Å². The van der Waals surface area contributed by atoms with Gasteiger partial charge in [0.15, 0.2) is 11.5 Å². The van der Waals surface area contributed by atoms with Crippen LogP contribution in [0.3, 0.4) is 0 Å². The molecule has 8 nitrogen and oxygen atoms in total. The number of benzene rings is 2. The van der Waals surface area contributed by atoms with Crippen molar-refractivity contribution in [2.24, 2.45) is 7.05 Å². The number of thiazole rings is 1. The molecule has 1 amide bonds. The predicted molar refractivity (Wildman–Crippen MR) is 115 cm³/mol. The average molecular weight is 440 g/mol. The van der Waals surface area contributed by atoms with Crippen LogP contribution < -0.4 is 28.7 Å². The first-order valence-electron chi connectivity index (χ1n) is 9.66. The minimum atomic E-state index is -0.292. The zero-order valence-corrected chi connectivity index (χ0v) is 18.0. The minimum absolute atomic E-state index is 0.104. The molecule has 1 atom stereocenters. The molecule has 5 rings (SSSR count). The van der Waals surface area contributed by atoms with Gasteiger partial charge in [-0.25, -0.2) is 0 Å². The van der Waals surface area contributed by atoms with Gasteiger partial charge >= 0.3 is 4.87 Å². The number of anilines is 2. The Morgan fingerprint density at radius 1 is 1.06 bits per heavy atom. The molecule has 0 unspecified atom stereocenters. The van der Waals surface area contributed by atoms with E-state index in [1.807, 2.05) is 24.3 Å². The van der Waals surface area contributed by atoms with Crippen molar-refractivity contribution in [3.05, 3.63) is 56.5 Å². The van der Waals surface area contributed by atoms with E-state index in [9.17, 15) is 9.59 Å². The van der Waals surface area contributed by atoms with Crippen molar-refractivity contribution in [2.45, 2.75) is 12.3 Å². The number of methoxy groups -OCH3 is 2. The van der Waals surface area contributed by atoms with Crippen molar-refractivity contribution in [2.75, 3.05) is 25.9 Å². The van der Waals surface area contributed by atoms with Crippen LogP contribution in [0.25, 0.3) is 0 Å². The first-order chi connectivity index (χ1) is 15.0. The van der Waals surface area contributed by atoms with E-state index in [1.54, 1.807) is 38.3 Å². The minimum Gasteiger partial charge on any atom is -0.497 e. The first kappa shape index (κ1) is 19.5. The molecule has 0 aliphatic carbocycles. The van der Waals surface area contributed by atoms with E-state index in [4.69, 9.17) is 18.9 Å². The molecule has 9 heteroatoms. The van der Waals surface area contributed by atoms with Crippen LogP contribution in [0.2, 0.25) is 0 Å². The highest BCUT2D eigenvalue weighted by Gasteiger charge is 2.38. The molecule has 2 aliphatic heterocycles. The largest absolute Gasteiger partial charge is 0.497 e. The fourth-order valence-electron chi connectivity index (χ4n) is 4.04. The molecule has 0 saturated carbocycles. The van der Waals surface area contributed by atoms with Crippen LogP contribution in [0.1, 0.15) is 22.8 Å². The van der Waals surface area contributed by atoms with Gasteiger partial charge in [-0.3, -0.25) is 19.1 Å². The average Bonchev–Trinajstić information content (AvgIpc) is 3.38. The van der Waals surface area contributed by atoms with Gasteiger partial charge in [0.25, 0.3) is 0 Å². The van der Waals surface area contributed by atoms with Gasteiger partial charge in [-0.15, -0.1) is 0 Å². The lowest BCUT2D eigenvalue weighted by molar-refractivity contribution is -0.118. The predicted octanol–water partition coefficient (Wildman–Crippen LogP) is 3.39. The molecule has 0 radical (unpaired) electrons. The summed E-state index contributed by atoms with van der Waals surface area (Å²) in [7, 11) is 4.83. The topological polar surface area (TPSA) is 79.2 Å². The summed E-state index contributed by atoms with van der Waals surface area (Å²) in [4.78, 5) is 28.3. The number of rotatable bonds is 4. The molecule has 31 heavy (non-hydrogen) atoms. The highest BCUT2D eigenvalue weighted by atomic mass is 32.1. The molecule has 0 spiro atoms. The molecule has 2 aliphatic rings. The van der Waals surface area contributed by atoms with Gasteiger partial charge in [-0.2, -0.15) is 0 Å². The monoisotopic (exact) mass is 440 g/mol. The lowest BCUT2D eigenvalue weighted by Gasteiger charge is -2.32. The lowest BCUT2D eigenvalue weighted by atomic mass is 9.90. The van der Waals surface area contributed by atoms with E-state index in [0.29, 0.717) is 34.5 Å². The summed E-state index contributed by atoms with van der Waals surface area (Å²) in [5.74, 6) is 2.54. The first-order valence-corrected chi connectivity index (χ1v) is 10.5. The molecule has 3 aromatic rings. The summed E-state index contributed by atoms with van der Waals surface area (Å²) in [6, 6.07) is 10.9. The molecule has 0 N–H and O–H groups in total. The third-order valence-corrected chi connectivity index (χ3v) is 6.71. The zero-order chi connectivity index (χ0) is 21.7. The van der Waals surface area contributed by atoms with Crippen molar-refractivity contribution < 1.29 is 23.7 Å². The number of carbonyl (C=O) groups excluding carboxylic acids is 1. The van der Waals surface area contributed by atoms with E-state index in [0.717, 1.165) is 21.8 Å². The van der Waals surface area contributed by atoms with Gasteiger partial charge in [0.05, 0.1) is 24.8 Å². The summed E-state index contributed by atoms with van der Waals surface area (Å²) in [5, 5.41) is 0.